The highest BCUT2D eigenvalue weighted by molar-refractivity contribution is 7.10. The van der Waals surface area contributed by atoms with E-state index in [0.717, 1.165) is 47.8 Å². The van der Waals surface area contributed by atoms with E-state index in [1.54, 1.807) is 0 Å². The molecule has 0 spiro atoms. The van der Waals surface area contributed by atoms with Gasteiger partial charge >= 0.3 is 0 Å². The van der Waals surface area contributed by atoms with Crippen LogP contribution in [0.2, 0.25) is 0 Å². The minimum atomic E-state index is -0.203. The SMILES string of the molecule is CCOCCC(=O)N1CCC(c2nc(C(=O)Nc3ccccc3-c3ccc(C)cc3)cs2)CC1. The van der Waals surface area contributed by atoms with Gasteiger partial charge in [-0.2, -0.15) is 0 Å². The van der Waals surface area contributed by atoms with E-state index in [1.165, 1.54) is 16.9 Å². The van der Waals surface area contributed by atoms with Gasteiger partial charge in [0.1, 0.15) is 5.69 Å². The van der Waals surface area contributed by atoms with Gasteiger partial charge in [-0.25, -0.2) is 4.98 Å². The number of aryl methyl sites for hydroxylation is 1. The lowest BCUT2D eigenvalue weighted by molar-refractivity contribution is -0.133. The van der Waals surface area contributed by atoms with Gasteiger partial charge in [-0.1, -0.05) is 48.0 Å². The molecule has 2 aromatic carbocycles. The Morgan fingerprint density at radius 3 is 2.59 bits per heavy atom. The molecule has 6 nitrogen and oxygen atoms in total. The predicted molar refractivity (Wildman–Crippen MR) is 136 cm³/mol. The van der Waals surface area contributed by atoms with Crippen LogP contribution in [0, 0.1) is 6.92 Å². The van der Waals surface area contributed by atoms with Gasteiger partial charge in [-0.05, 0) is 38.3 Å². The Bertz CT molecular complexity index is 1120. The van der Waals surface area contributed by atoms with E-state index in [2.05, 4.69) is 41.5 Å². The molecule has 0 aliphatic carbocycles. The number of likely N-dealkylation sites (tertiary alicyclic amines) is 1. The number of hydrogen-bond donors (Lipinski definition) is 1. The molecular formula is C27H31N3O3S. The molecule has 2 amide bonds. The number of thiazole rings is 1. The zero-order chi connectivity index (χ0) is 23.9. The van der Waals surface area contributed by atoms with Gasteiger partial charge in [-0.3, -0.25) is 9.59 Å². The first-order chi connectivity index (χ1) is 16.5. The minimum absolute atomic E-state index is 0.151. The molecule has 1 aliphatic rings. The fourth-order valence-electron chi connectivity index (χ4n) is 4.18. The molecule has 1 aromatic heterocycles. The van der Waals surface area contributed by atoms with E-state index in [9.17, 15) is 9.59 Å². The van der Waals surface area contributed by atoms with Crippen molar-refractivity contribution in [3.05, 3.63) is 70.2 Å². The summed E-state index contributed by atoms with van der Waals surface area (Å²) in [7, 11) is 0. The van der Waals surface area contributed by atoms with Gasteiger partial charge in [-0.15, -0.1) is 11.3 Å². The van der Waals surface area contributed by atoms with Crippen LogP contribution < -0.4 is 5.32 Å². The summed E-state index contributed by atoms with van der Waals surface area (Å²) in [6.07, 6.45) is 2.17. The molecule has 3 aromatic rings. The van der Waals surface area contributed by atoms with E-state index in [-0.39, 0.29) is 17.7 Å². The van der Waals surface area contributed by atoms with Crippen molar-refractivity contribution in [1.82, 2.24) is 9.88 Å². The van der Waals surface area contributed by atoms with E-state index < -0.39 is 0 Å². The van der Waals surface area contributed by atoms with Crippen molar-refractivity contribution in [1.29, 1.82) is 0 Å². The van der Waals surface area contributed by atoms with Crippen LogP contribution in [0.1, 0.15) is 53.2 Å². The van der Waals surface area contributed by atoms with Crippen molar-refractivity contribution in [2.45, 2.75) is 39.0 Å². The quantitative estimate of drug-likeness (QED) is 0.435. The number of carbonyl (C=O) groups is 2. The second-order valence-corrected chi connectivity index (χ2v) is 9.43. The Balaban J connectivity index is 1.37. The van der Waals surface area contributed by atoms with Crippen molar-refractivity contribution in [2.75, 3.05) is 31.6 Å². The predicted octanol–water partition coefficient (Wildman–Crippen LogP) is 5.50. The highest BCUT2D eigenvalue weighted by Gasteiger charge is 2.26. The van der Waals surface area contributed by atoms with Crippen LogP contribution in [-0.2, 0) is 9.53 Å². The average molecular weight is 478 g/mol. The lowest BCUT2D eigenvalue weighted by atomic mass is 9.97. The molecule has 1 N–H and O–H groups in total. The Hall–Kier alpha value is -3.03. The zero-order valence-electron chi connectivity index (χ0n) is 19.8. The van der Waals surface area contributed by atoms with Gasteiger partial charge in [0.15, 0.2) is 0 Å². The summed E-state index contributed by atoms with van der Waals surface area (Å²) in [6.45, 7) is 6.55. The molecule has 7 heteroatoms. The van der Waals surface area contributed by atoms with Crippen molar-refractivity contribution in [2.24, 2.45) is 0 Å². The number of benzene rings is 2. The molecule has 0 radical (unpaired) electrons. The van der Waals surface area contributed by atoms with E-state index in [4.69, 9.17) is 4.74 Å². The van der Waals surface area contributed by atoms with Crippen LogP contribution in [-0.4, -0.2) is 48.0 Å². The number of hydrogen-bond acceptors (Lipinski definition) is 5. The molecule has 4 rings (SSSR count). The molecular weight excluding hydrogens is 446 g/mol. The maximum Gasteiger partial charge on any atom is 0.275 e. The van der Waals surface area contributed by atoms with Crippen LogP contribution in [0.5, 0.6) is 0 Å². The first kappa shape index (κ1) is 24.1. The summed E-state index contributed by atoms with van der Waals surface area (Å²) in [5.41, 5.74) is 4.44. The van der Waals surface area contributed by atoms with Gasteiger partial charge in [0.25, 0.3) is 5.91 Å². The number of piperidine rings is 1. The normalized spacial score (nSPS) is 14.2. The fraction of sp³-hybridized carbons (Fsp3) is 0.370. The largest absolute Gasteiger partial charge is 0.381 e. The smallest absolute Gasteiger partial charge is 0.275 e. The van der Waals surface area contributed by atoms with Crippen molar-refractivity contribution < 1.29 is 14.3 Å². The number of amides is 2. The van der Waals surface area contributed by atoms with Crippen molar-refractivity contribution >= 4 is 28.8 Å². The summed E-state index contributed by atoms with van der Waals surface area (Å²) in [5.74, 6) is 0.228. The van der Waals surface area contributed by atoms with Crippen LogP contribution >= 0.6 is 11.3 Å². The molecule has 0 saturated carbocycles. The topological polar surface area (TPSA) is 71.5 Å². The fourth-order valence-corrected chi connectivity index (χ4v) is 5.15. The van der Waals surface area contributed by atoms with Gasteiger partial charge < -0.3 is 15.0 Å². The molecule has 178 valence electrons. The first-order valence-electron chi connectivity index (χ1n) is 11.8. The molecule has 34 heavy (non-hydrogen) atoms. The first-order valence-corrected chi connectivity index (χ1v) is 12.7. The third kappa shape index (κ3) is 5.90. The number of carbonyl (C=O) groups excluding carboxylic acids is 2. The third-order valence-corrected chi connectivity index (χ3v) is 7.16. The van der Waals surface area contributed by atoms with E-state index >= 15 is 0 Å². The summed E-state index contributed by atoms with van der Waals surface area (Å²) in [5, 5.41) is 5.85. The Kier molecular flexibility index (Phi) is 8.08. The second kappa shape index (κ2) is 11.4. The molecule has 1 saturated heterocycles. The Labute approximate surface area is 205 Å². The number of rotatable bonds is 8. The van der Waals surface area contributed by atoms with Crippen LogP contribution in [0.25, 0.3) is 11.1 Å². The molecule has 1 aliphatic heterocycles. The van der Waals surface area contributed by atoms with Crippen molar-refractivity contribution in [3.8, 4) is 11.1 Å². The third-order valence-electron chi connectivity index (χ3n) is 6.15. The number of nitrogens with one attached hydrogen (secondary N) is 1. The summed E-state index contributed by atoms with van der Waals surface area (Å²) in [4.78, 5) is 31.9. The molecule has 0 bridgehead atoms. The Morgan fingerprint density at radius 2 is 1.85 bits per heavy atom. The average Bonchev–Trinajstić information content (AvgIpc) is 3.36. The van der Waals surface area contributed by atoms with Gasteiger partial charge in [0, 0.05) is 42.2 Å². The molecule has 2 heterocycles. The minimum Gasteiger partial charge on any atom is -0.381 e. The number of nitrogens with zero attached hydrogens (tertiary/aromatic N) is 2. The van der Waals surface area contributed by atoms with Gasteiger partial charge in [0.05, 0.1) is 18.0 Å². The molecule has 0 unspecified atom stereocenters. The molecule has 0 atom stereocenters. The standard InChI is InChI=1S/C27H31N3O3S/c1-3-33-17-14-25(31)30-15-12-21(13-16-30)27-29-24(18-34-27)26(32)28-23-7-5-4-6-22(23)20-10-8-19(2)9-11-20/h4-11,18,21H,3,12-17H2,1-2H3,(H,28,32). The highest BCUT2D eigenvalue weighted by atomic mass is 32.1. The van der Waals surface area contributed by atoms with Crippen LogP contribution in [0.3, 0.4) is 0 Å². The Morgan fingerprint density at radius 1 is 1.12 bits per heavy atom. The highest BCUT2D eigenvalue weighted by Crippen LogP contribution is 2.32. The maximum absolute atomic E-state index is 13.0. The number of anilines is 1. The lowest BCUT2D eigenvalue weighted by Crippen LogP contribution is -2.38. The zero-order valence-corrected chi connectivity index (χ0v) is 20.6. The monoisotopic (exact) mass is 477 g/mol. The van der Waals surface area contributed by atoms with Crippen molar-refractivity contribution in [3.63, 3.8) is 0 Å². The number of ether oxygens (including phenoxy) is 1. The van der Waals surface area contributed by atoms with E-state index in [0.29, 0.717) is 25.3 Å². The number of para-hydroxylation sites is 1. The summed E-state index contributed by atoms with van der Waals surface area (Å²) >= 11 is 1.53. The second-order valence-electron chi connectivity index (χ2n) is 8.54. The molecule has 1 fully saturated rings. The number of aromatic nitrogens is 1. The van der Waals surface area contributed by atoms with Crippen LogP contribution in [0.4, 0.5) is 5.69 Å². The van der Waals surface area contributed by atoms with Gasteiger partial charge in [0.2, 0.25) is 5.91 Å². The van der Waals surface area contributed by atoms with Crippen LogP contribution in [0.15, 0.2) is 53.9 Å². The summed E-state index contributed by atoms with van der Waals surface area (Å²) in [6, 6.07) is 16.1. The maximum atomic E-state index is 13.0. The lowest BCUT2D eigenvalue weighted by Gasteiger charge is -2.31. The van der Waals surface area contributed by atoms with E-state index in [1.807, 2.05) is 41.5 Å². The summed E-state index contributed by atoms with van der Waals surface area (Å²) < 4.78 is 5.30.